The minimum atomic E-state index is 0.0515. The van der Waals surface area contributed by atoms with Crippen molar-refractivity contribution in [3.8, 4) is 5.75 Å². The highest BCUT2D eigenvalue weighted by Gasteiger charge is 2.16. The lowest BCUT2D eigenvalue weighted by Crippen LogP contribution is -2.37. The molecule has 0 saturated carbocycles. The zero-order chi connectivity index (χ0) is 14.4. The van der Waals surface area contributed by atoms with Crippen LogP contribution in [0.1, 0.15) is 13.3 Å². The van der Waals surface area contributed by atoms with E-state index in [9.17, 15) is 4.79 Å². The number of ether oxygens (including phenoxy) is 1. The summed E-state index contributed by atoms with van der Waals surface area (Å²) in [6.07, 6.45) is 0.942. The van der Waals surface area contributed by atoms with Crippen LogP contribution < -0.4 is 15.4 Å². The molecular weight excluding hydrogens is 242 g/mol. The lowest BCUT2D eigenvalue weighted by atomic mass is 10.2. The van der Waals surface area contributed by atoms with Gasteiger partial charge in [0.05, 0.1) is 25.0 Å². The molecule has 0 atom stereocenters. The van der Waals surface area contributed by atoms with Crippen LogP contribution in [0.4, 0.5) is 11.4 Å². The Hall–Kier alpha value is -1.91. The first-order valence-electron chi connectivity index (χ1n) is 6.38. The normalized spacial score (nSPS) is 10.1. The largest absolute Gasteiger partial charge is 0.495 e. The van der Waals surface area contributed by atoms with Crippen LogP contribution in [0, 0.1) is 0 Å². The first-order chi connectivity index (χ1) is 9.01. The van der Waals surface area contributed by atoms with Gasteiger partial charge in [-0.1, -0.05) is 13.0 Å². The van der Waals surface area contributed by atoms with Crippen LogP contribution in [-0.2, 0) is 4.79 Å². The van der Waals surface area contributed by atoms with Crippen LogP contribution in [0.3, 0.4) is 0 Å². The summed E-state index contributed by atoms with van der Waals surface area (Å²) in [5, 5.41) is 0. The Bertz CT molecular complexity index is 433. The van der Waals surface area contributed by atoms with E-state index < -0.39 is 0 Å². The van der Waals surface area contributed by atoms with Gasteiger partial charge in [0.1, 0.15) is 5.75 Å². The van der Waals surface area contributed by atoms with Gasteiger partial charge in [-0.2, -0.15) is 0 Å². The maximum atomic E-state index is 11.9. The first-order valence-corrected chi connectivity index (χ1v) is 6.38. The van der Waals surface area contributed by atoms with Gasteiger partial charge >= 0.3 is 0 Å². The number of para-hydroxylation sites is 1. The summed E-state index contributed by atoms with van der Waals surface area (Å²) in [7, 11) is 5.09. The Morgan fingerprint density at radius 1 is 1.37 bits per heavy atom. The van der Waals surface area contributed by atoms with Crippen molar-refractivity contribution in [3.05, 3.63) is 18.2 Å². The second-order valence-electron chi connectivity index (χ2n) is 4.60. The molecule has 0 aliphatic heterocycles. The van der Waals surface area contributed by atoms with E-state index >= 15 is 0 Å². The van der Waals surface area contributed by atoms with Crippen molar-refractivity contribution in [1.82, 2.24) is 4.90 Å². The molecule has 19 heavy (non-hydrogen) atoms. The Balaban J connectivity index is 3.02. The Labute approximate surface area is 114 Å². The highest BCUT2D eigenvalue weighted by molar-refractivity contribution is 5.84. The minimum absolute atomic E-state index is 0.0515. The number of carbonyl (C=O) groups excluding carboxylic acids is 1. The molecule has 0 aromatic heterocycles. The van der Waals surface area contributed by atoms with Crippen molar-refractivity contribution in [3.63, 3.8) is 0 Å². The van der Waals surface area contributed by atoms with Crippen molar-refractivity contribution >= 4 is 17.3 Å². The highest BCUT2D eigenvalue weighted by Crippen LogP contribution is 2.32. The summed E-state index contributed by atoms with van der Waals surface area (Å²) in [5.41, 5.74) is 7.50. The van der Waals surface area contributed by atoms with Crippen LogP contribution in [0.15, 0.2) is 18.2 Å². The van der Waals surface area contributed by atoms with Gasteiger partial charge in [-0.25, -0.2) is 0 Å². The number of amides is 1. The third-order valence-electron chi connectivity index (χ3n) is 2.92. The van der Waals surface area contributed by atoms with Crippen LogP contribution in [0.2, 0.25) is 0 Å². The number of anilines is 2. The molecule has 5 heteroatoms. The van der Waals surface area contributed by atoms with Crippen LogP contribution in [-0.4, -0.2) is 45.1 Å². The summed E-state index contributed by atoms with van der Waals surface area (Å²) in [4.78, 5) is 15.4. The molecule has 1 amide bonds. The summed E-state index contributed by atoms with van der Waals surface area (Å²) in [5.74, 6) is 0.687. The summed E-state index contributed by atoms with van der Waals surface area (Å²) >= 11 is 0. The van der Waals surface area contributed by atoms with Gasteiger partial charge in [0.15, 0.2) is 0 Å². The predicted octanol–water partition coefficient (Wildman–Crippen LogP) is 1.58. The molecule has 1 aromatic carbocycles. The predicted molar refractivity (Wildman–Crippen MR) is 78.6 cm³/mol. The number of likely N-dealkylation sites (N-methyl/N-ethyl adjacent to an activating group) is 1. The average Bonchev–Trinajstić information content (AvgIpc) is 2.38. The maximum absolute atomic E-state index is 11.9. The smallest absolute Gasteiger partial charge is 0.241 e. The molecule has 106 valence electrons. The van der Waals surface area contributed by atoms with E-state index in [1.165, 1.54) is 0 Å². The second-order valence-corrected chi connectivity index (χ2v) is 4.60. The van der Waals surface area contributed by atoms with Gasteiger partial charge < -0.3 is 20.3 Å². The van der Waals surface area contributed by atoms with E-state index in [2.05, 4.69) is 6.92 Å². The number of benzene rings is 1. The van der Waals surface area contributed by atoms with Crippen molar-refractivity contribution in [2.24, 2.45) is 0 Å². The monoisotopic (exact) mass is 265 g/mol. The maximum Gasteiger partial charge on any atom is 0.241 e. The molecule has 5 nitrogen and oxygen atoms in total. The average molecular weight is 265 g/mol. The Morgan fingerprint density at radius 2 is 2.05 bits per heavy atom. The van der Waals surface area contributed by atoms with Crippen LogP contribution in [0.25, 0.3) is 0 Å². The molecule has 0 fully saturated rings. The molecule has 0 aliphatic carbocycles. The molecule has 1 aromatic rings. The van der Waals surface area contributed by atoms with Crippen LogP contribution in [0.5, 0.6) is 5.75 Å². The van der Waals surface area contributed by atoms with Crippen molar-refractivity contribution in [2.45, 2.75) is 13.3 Å². The van der Waals surface area contributed by atoms with E-state index in [0.29, 0.717) is 18.0 Å². The van der Waals surface area contributed by atoms with E-state index in [0.717, 1.165) is 18.7 Å². The molecule has 0 saturated heterocycles. The zero-order valence-corrected chi connectivity index (χ0v) is 12.1. The fourth-order valence-corrected chi connectivity index (χ4v) is 1.85. The molecule has 0 aliphatic rings. The second kappa shape index (κ2) is 6.87. The molecule has 1 rings (SSSR count). The van der Waals surface area contributed by atoms with Crippen LogP contribution >= 0.6 is 0 Å². The lowest BCUT2D eigenvalue weighted by Gasteiger charge is -2.27. The Kier molecular flexibility index (Phi) is 5.48. The molecule has 2 N–H and O–H groups in total. The van der Waals surface area contributed by atoms with Gasteiger partial charge in [-0.15, -0.1) is 0 Å². The Morgan fingerprint density at radius 3 is 2.58 bits per heavy atom. The highest BCUT2D eigenvalue weighted by atomic mass is 16.5. The molecule has 0 heterocycles. The van der Waals surface area contributed by atoms with Gasteiger partial charge in [-0.3, -0.25) is 4.79 Å². The van der Waals surface area contributed by atoms with Gasteiger partial charge in [-0.05, 0) is 18.6 Å². The van der Waals surface area contributed by atoms with Crippen molar-refractivity contribution in [1.29, 1.82) is 0 Å². The third-order valence-corrected chi connectivity index (χ3v) is 2.92. The lowest BCUT2D eigenvalue weighted by molar-refractivity contribution is -0.127. The van der Waals surface area contributed by atoms with E-state index in [1.54, 1.807) is 26.1 Å². The van der Waals surface area contributed by atoms with Crippen molar-refractivity contribution in [2.75, 3.05) is 44.9 Å². The molecule has 0 unspecified atom stereocenters. The molecule has 0 radical (unpaired) electrons. The van der Waals surface area contributed by atoms with Gasteiger partial charge in [0.2, 0.25) is 5.91 Å². The number of nitrogen functional groups attached to an aromatic ring is 1. The summed E-state index contributed by atoms with van der Waals surface area (Å²) < 4.78 is 5.22. The quantitative estimate of drug-likeness (QED) is 0.793. The number of hydrogen-bond donors (Lipinski definition) is 1. The number of methoxy groups -OCH3 is 1. The van der Waals surface area contributed by atoms with E-state index in [-0.39, 0.29) is 5.91 Å². The zero-order valence-electron chi connectivity index (χ0n) is 12.1. The number of carbonyl (C=O) groups is 1. The number of hydrogen-bond acceptors (Lipinski definition) is 4. The SMILES string of the molecule is CCCN(CC(=O)N(C)C)c1cccc(OC)c1N. The summed E-state index contributed by atoms with van der Waals surface area (Å²) in [6.45, 7) is 3.17. The number of nitrogens with two attached hydrogens (primary N) is 1. The third kappa shape index (κ3) is 3.77. The first kappa shape index (κ1) is 15.1. The standard InChI is InChI=1S/C14H23N3O2/c1-5-9-17(10-13(18)16(2)3)11-7-6-8-12(19-4)14(11)15/h6-8H,5,9-10,15H2,1-4H3. The molecular formula is C14H23N3O2. The topological polar surface area (TPSA) is 58.8 Å². The fraction of sp³-hybridized carbons (Fsp3) is 0.500. The summed E-state index contributed by atoms with van der Waals surface area (Å²) in [6, 6.07) is 5.61. The van der Waals surface area contributed by atoms with E-state index in [4.69, 9.17) is 10.5 Å². The van der Waals surface area contributed by atoms with Gasteiger partial charge in [0.25, 0.3) is 0 Å². The molecule has 0 bridgehead atoms. The van der Waals surface area contributed by atoms with Gasteiger partial charge in [0, 0.05) is 20.6 Å². The minimum Gasteiger partial charge on any atom is -0.495 e. The van der Waals surface area contributed by atoms with Crippen molar-refractivity contribution < 1.29 is 9.53 Å². The molecule has 0 spiro atoms. The number of nitrogens with zero attached hydrogens (tertiary/aromatic N) is 2. The van der Waals surface area contributed by atoms with E-state index in [1.807, 2.05) is 23.1 Å². The number of rotatable bonds is 6. The fourth-order valence-electron chi connectivity index (χ4n) is 1.85.